The number of nitrogens with zero attached hydrogens (tertiary/aromatic N) is 1. The van der Waals surface area contributed by atoms with Crippen LogP contribution in [0.3, 0.4) is 0 Å². The van der Waals surface area contributed by atoms with Crippen molar-refractivity contribution in [3.05, 3.63) is 16.1 Å². The molecule has 1 aromatic heterocycles. The highest BCUT2D eigenvalue weighted by molar-refractivity contribution is 7.09. The lowest BCUT2D eigenvalue weighted by atomic mass is 10.2. The molecule has 0 unspecified atom stereocenters. The van der Waals surface area contributed by atoms with E-state index < -0.39 is 5.91 Å². The number of hydrogen-bond donors (Lipinski definition) is 1. The first-order valence-electron chi connectivity index (χ1n) is 4.48. The molecular formula is C9H14N2OS. The minimum absolute atomic E-state index is 0.400. The molecule has 13 heavy (non-hydrogen) atoms. The molecule has 0 aromatic carbocycles. The van der Waals surface area contributed by atoms with Crippen molar-refractivity contribution in [3.8, 4) is 0 Å². The molecule has 0 radical (unpaired) electrons. The van der Waals surface area contributed by atoms with Crippen molar-refractivity contribution in [1.29, 1.82) is 0 Å². The van der Waals surface area contributed by atoms with E-state index in [-0.39, 0.29) is 0 Å². The van der Waals surface area contributed by atoms with Gasteiger partial charge in [0.15, 0.2) is 0 Å². The fraction of sp³-hybridized carbons (Fsp3) is 0.556. The summed E-state index contributed by atoms with van der Waals surface area (Å²) in [5.74, 6) is -0.432. The van der Waals surface area contributed by atoms with Crippen molar-refractivity contribution in [2.24, 2.45) is 5.73 Å². The highest BCUT2D eigenvalue weighted by Crippen LogP contribution is 2.12. The van der Waals surface area contributed by atoms with Gasteiger partial charge in [-0.25, -0.2) is 4.98 Å². The molecule has 0 spiro atoms. The van der Waals surface area contributed by atoms with Gasteiger partial charge >= 0.3 is 0 Å². The third kappa shape index (κ3) is 3.14. The number of carbonyl (C=O) groups excluding carboxylic acids is 1. The lowest BCUT2D eigenvalue weighted by Crippen LogP contribution is -2.11. The SMILES string of the molecule is CCCCCc1nc(C(N)=O)cs1. The van der Waals surface area contributed by atoms with Crippen molar-refractivity contribution >= 4 is 17.2 Å². The summed E-state index contributed by atoms with van der Waals surface area (Å²) in [6.45, 7) is 2.16. The first-order chi connectivity index (χ1) is 6.24. The monoisotopic (exact) mass is 198 g/mol. The van der Waals surface area contributed by atoms with Gasteiger partial charge in [0.05, 0.1) is 5.01 Å². The number of rotatable bonds is 5. The zero-order valence-corrected chi connectivity index (χ0v) is 8.56. The van der Waals surface area contributed by atoms with Gasteiger partial charge in [0.2, 0.25) is 0 Å². The maximum atomic E-state index is 10.7. The van der Waals surface area contributed by atoms with Crippen LogP contribution in [0.1, 0.15) is 41.7 Å². The second-order valence-corrected chi connectivity index (χ2v) is 3.89. The predicted molar refractivity (Wildman–Crippen MR) is 53.9 cm³/mol. The number of nitrogens with two attached hydrogens (primary N) is 1. The standard InChI is InChI=1S/C9H14N2OS/c1-2-3-4-5-8-11-7(6-13-8)9(10)12/h6H,2-5H2,1H3,(H2,10,12). The fourth-order valence-corrected chi connectivity index (χ4v) is 1.89. The number of aryl methyl sites for hydroxylation is 1. The molecule has 0 aliphatic rings. The summed E-state index contributed by atoms with van der Waals surface area (Å²) in [5.41, 5.74) is 5.49. The van der Waals surface area contributed by atoms with E-state index in [1.807, 2.05) is 0 Å². The first kappa shape index (κ1) is 10.2. The van der Waals surface area contributed by atoms with E-state index in [2.05, 4.69) is 11.9 Å². The Morgan fingerprint density at radius 1 is 1.62 bits per heavy atom. The maximum absolute atomic E-state index is 10.7. The Labute approximate surface area is 82.0 Å². The molecule has 1 aromatic rings. The van der Waals surface area contributed by atoms with Crippen LogP contribution in [0.5, 0.6) is 0 Å². The molecule has 0 fully saturated rings. The van der Waals surface area contributed by atoms with Crippen molar-refractivity contribution in [2.75, 3.05) is 0 Å². The summed E-state index contributed by atoms with van der Waals surface area (Å²) in [4.78, 5) is 14.8. The Morgan fingerprint density at radius 2 is 2.38 bits per heavy atom. The molecule has 1 rings (SSSR count). The third-order valence-corrected chi connectivity index (χ3v) is 2.71. The molecule has 3 nitrogen and oxygen atoms in total. The Morgan fingerprint density at radius 3 is 2.92 bits per heavy atom. The van der Waals surface area contributed by atoms with Gasteiger partial charge in [0, 0.05) is 5.38 Å². The number of hydrogen-bond acceptors (Lipinski definition) is 3. The molecule has 1 amide bonds. The van der Waals surface area contributed by atoms with Crippen molar-refractivity contribution in [3.63, 3.8) is 0 Å². The Hall–Kier alpha value is -0.900. The van der Waals surface area contributed by atoms with Crippen LogP contribution in [0.15, 0.2) is 5.38 Å². The Bertz CT molecular complexity index is 283. The summed E-state index contributed by atoms with van der Waals surface area (Å²) in [6.07, 6.45) is 4.52. The van der Waals surface area contributed by atoms with Crippen LogP contribution in [-0.4, -0.2) is 10.9 Å². The van der Waals surface area contributed by atoms with Gasteiger partial charge < -0.3 is 5.73 Å². The van der Waals surface area contributed by atoms with Gasteiger partial charge in [-0.2, -0.15) is 0 Å². The van der Waals surface area contributed by atoms with Crippen LogP contribution >= 0.6 is 11.3 Å². The summed E-state index contributed by atoms with van der Waals surface area (Å²) in [7, 11) is 0. The summed E-state index contributed by atoms with van der Waals surface area (Å²) in [5, 5.41) is 2.74. The van der Waals surface area contributed by atoms with Crippen LogP contribution in [0.2, 0.25) is 0 Å². The van der Waals surface area contributed by atoms with E-state index in [9.17, 15) is 4.79 Å². The molecule has 4 heteroatoms. The Kier molecular flexibility index (Phi) is 3.89. The van der Waals surface area contributed by atoms with Gasteiger partial charge in [-0.1, -0.05) is 19.8 Å². The van der Waals surface area contributed by atoms with E-state index in [1.54, 1.807) is 5.38 Å². The molecule has 0 bridgehead atoms. The first-order valence-corrected chi connectivity index (χ1v) is 5.36. The zero-order chi connectivity index (χ0) is 9.68. The van der Waals surface area contributed by atoms with E-state index in [0.29, 0.717) is 5.69 Å². The average molecular weight is 198 g/mol. The second kappa shape index (κ2) is 4.97. The molecule has 0 saturated heterocycles. The molecule has 0 aliphatic carbocycles. The van der Waals surface area contributed by atoms with E-state index in [1.165, 1.54) is 24.2 Å². The van der Waals surface area contributed by atoms with E-state index >= 15 is 0 Å². The summed E-state index contributed by atoms with van der Waals surface area (Å²) < 4.78 is 0. The van der Waals surface area contributed by atoms with Crippen LogP contribution in [-0.2, 0) is 6.42 Å². The maximum Gasteiger partial charge on any atom is 0.268 e. The smallest absolute Gasteiger partial charge is 0.268 e. The van der Waals surface area contributed by atoms with Crippen LogP contribution in [0.4, 0.5) is 0 Å². The number of carbonyl (C=O) groups is 1. The minimum Gasteiger partial charge on any atom is -0.364 e. The third-order valence-electron chi connectivity index (χ3n) is 1.80. The minimum atomic E-state index is -0.432. The lowest BCUT2D eigenvalue weighted by molar-refractivity contribution is 0.0996. The largest absolute Gasteiger partial charge is 0.364 e. The zero-order valence-electron chi connectivity index (χ0n) is 7.75. The quantitative estimate of drug-likeness (QED) is 0.735. The van der Waals surface area contributed by atoms with Gasteiger partial charge in [-0.15, -0.1) is 11.3 Å². The van der Waals surface area contributed by atoms with Crippen LogP contribution in [0, 0.1) is 0 Å². The average Bonchev–Trinajstić information content (AvgIpc) is 2.53. The summed E-state index contributed by atoms with van der Waals surface area (Å²) in [6, 6.07) is 0. The van der Waals surface area contributed by atoms with Crippen molar-refractivity contribution in [1.82, 2.24) is 4.98 Å². The molecule has 0 aliphatic heterocycles. The van der Waals surface area contributed by atoms with Gasteiger partial charge in [0.1, 0.15) is 5.69 Å². The second-order valence-electron chi connectivity index (χ2n) is 2.95. The number of thiazole rings is 1. The number of aromatic nitrogens is 1. The van der Waals surface area contributed by atoms with Crippen molar-refractivity contribution in [2.45, 2.75) is 32.6 Å². The molecule has 72 valence electrons. The number of primary amides is 1. The number of amides is 1. The molecule has 0 atom stereocenters. The molecule has 1 heterocycles. The van der Waals surface area contributed by atoms with E-state index in [0.717, 1.165) is 17.8 Å². The summed E-state index contributed by atoms with van der Waals surface area (Å²) >= 11 is 1.52. The highest BCUT2D eigenvalue weighted by atomic mass is 32.1. The van der Waals surface area contributed by atoms with E-state index in [4.69, 9.17) is 5.73 Å². The van der Waals surface area contributed by atoms with Gasteiger partial charge in [-0.05, 0) is 12.8 Å². The highest BCUT2D eigenvalue weighted by Gasteiger charge is 2.05. The Balaban J connectivity index is 2.44. The lowest BCUT2D eigenvalue weighted by Gasteiger charge is -1.93. The van der Waals surface area contributed by atoms with Crippen molar-refractivity contribution < 1.29 is 4.79 Å². The molecular weight excluding hydrogens is 184 g/mol. The van der Waals surface area contributed by atoms with Gasteiger partial charge in [0.25, 0.3) is 5.91 Å². The molecule has 2 N–H and O–H groups in total. The topological polar surface area (TPSA) is 56.0 Å². The normalized spacial score (nSPS) is 10.2. The number of unbranched alkanes of at least 4 members (excludes halogenated alkanes) is 2. The van der Waals surface area contributed by atoms with Crippen LogP contribution < -0.4 is 5.73 Å². The van der Waals surface area contributed by atoms with Crippen LogP contribution in [0.25, 0.3) is 0 Å². The predicted octanol–water partition coefficient (Wildman–Crippen LogP) is 1.97. The molecule has 0 saturated carbocycles. The van der Waals surface area contributed by atoms with Gasteiger partial charge in [-0.3, -0.25) is 4.79 Å². The fourth-order valence-electron chi connectivity index (χ4n) is 1.07.